The van der Waals surface area contributed by atoms with Crippen LogP contribution in [0, 0.1) is 0 Å². The minimum atomic E-state index is 0.707. The molecule has 1 aromatic heterocycles. The maximum Gasteiger partial charge on any atom is 0.226 e. The van der Waals surface area contributed by atoms with E-state index in [0.717, 1.165) is 53.9 Å². The largest absolute Gasteiger partial charge is 0.339 e. The first-order valence-corrected chi connectivity index (χ1v) is 8.54. The molecular weight excluding hydrogens is 306 g/mol. The van der Waals surface area contributed by atoms with Gasteiger partial charge in [0.25, 0.3) is 0 Å². The lowest BCUT2D eigenvalue weighted by Crippen LogP contribution is -1.97. The number of aromatic nitrogens is 2. The second kappa shape index (κ2) is 9.07. The number of nitrogens with two attached hydrogens (primary N) is 1. The molecule has 0 fully saturated rings. The molecule has 0 amide bonds. The van der Waals surface area contributed by atoms with E-state index in [2.05, 4.69) is 10.1 Å². The first kappa shape index (κ1) is 16.3. The van der Waals surface area contributed by atoms with E-state index >= 15 is 0 Å². The van der Waals surface area contributed by atoms with Gasteiger partial charge in [0.1, 0.15) is 0 Å². The highest BCUT2D eigenvalue weighted by Gasteiger charge is 2.06. The Bertz CT molecular complexity index is 530. The van der Waals surface area contributed by atoms with Crippen molar-refractivity contribution in [2.24, 2.45) is 5.73 Å². The predicted octanol–water partition coefficient (Wildman–Crippen LogP) is 4.08. The summed E-state index contributed by atoms with van der Waals surface area (Å²) in [6.45, 7) is 0.770. The van der Waals surface area contributed by atoms with Crippen molar-refractivity contribution in [2.45, 2.75) is 42.8 Å². The molecule has 1 aromatic carbocycles. The molecule has 0 aliphatic carbocycles. The third-order valence-electron chi connectivity index (χ3n) is 3.04. The number of unbranched alkanes of at least 4 members (excludes halogenated alkanes) is 3. The van der Waals surface area contributed by atoms with Crippen LogP contribution in [0.3, 0.4) is 0 Å². The van der Waals surface area contributed by atoms with E-state index in [9.17, 15) is 0 Å². The van der Waals surface area contributed by atoms with E-state index in [1.807, 2.05) is 24.3 Å². The molecule has 114 valence electrons. The van der Waals surface area contributed by atoms with Gasteiger partial charge < -0.3 is 10.3 Å². The predicted molar refractivity (Wildman–Crippen MR) is 86.5 cm³/mol. The first-order chi connectivity index (χ1) is 10.3. The fourth-order valence-corrected chi connectivity index (χ4v) is 2.77. The number of thioether (sulfide) groups is 1. The lowest BCUT2D eigenvalue weighted by molar-refractivity contribution is 0.370. The zero-order valence-electron chi connectivity index (χ0n) is 11.9. The fourth-order valence-electron chi connectivity index (χ4n) is 1.90. The summed E-state index contributed by atoms with van der Waals surface area (Å²) in [4.78, 5) is 5.56. The van der Waals surface area contributed by atoms with Crippen molar-refractivity contribution in [1.29, 1.82) is 0 Å². The van der Waals surface area contributed by atoms with Crippen molar-refractivity contribution in [3.05, 3.63) is 41.0 Å². The van der Waals surface area contributed by atoms with Gasteiger partial charge in [0.2, 0.25) is 5.89 Å². The van der Waals surface area contributed by atoms with Crippen molar-refractivity contribution < 1.29 is 4.52 Å². The highest BCUT2D eigenvalue weighted by Crippen LogP contribution is 2.23. The van der Waals surface area contributed by atoms with Gasteiger partial charge in [-0.25, -0.2) is 0 Å². The molecule has 0 radical (unpaired) electrons. The molecule has 4 nitrogen and oxygen atoms in total. The maximum atomic E-state index is 5.86. The molecule has 1 heterocycles. The van der Waals surface area contributed by atoms with Crippen LogP contribution in [0.25, 0.3) is 0 Å². The van der Waals surface area contributed by atoms with Crippen molar-refractivity contribution in [1.82, 2.24) is 10.1 Å². The highest BCUT2D eigenvalue weighted by molar-refractivity contribution is 7.98. The third-order valence-corrected chi connectivity index (χ3v) is 4.30. The SMILES string of the molecule is NCCCCCCc1nc(CSc2ccc(Cl)cc2)no1. The summed E-state index contributed by atoms with van der Waals surface area (Å²) in [5.74, 6) is 2.18. The van der Waals surface area contributed by atoms with Crippen LogP contribution in [0.15, 0.2) is 33.7 Å². The topological polar surface area (TPSA) is 64.9 Å². The Morgan fingerprint density at radius 3 is 2.62 bits per heavy atom. The van der Waals surface area contributed by atoms with Gasteiger partial charge in [0, 0.05) is 16.3 Å². The van der Waals surface area contributed by atoms with Crippen LogP contribution >= 0.6 is 23.4 Å². The molecule has 2 N–H and O–H groups in total. The van der Waals surface area contributed by atoms with Gasteiger partial charge in [-0.1, -0.05) is 29.6 Å². The van der Waals surface area contributed by atoms with Gasteiger partial charge >= 0.3 is 0 Å². The van der Waals surface area contributed by atoms with Crippen LogP contribution in [0.4, 0.5) is 0 Å². The normalized spacial score (nSPS) is 11.0. The Balaban J connectivity index is 1.71. The molecule has 0 aliphatic heterocycles. The number of rotatable bonds is 9. The Morgan fingerprint density at radius 2 is 1.86 bits per heavy atom. The molecule has 2 rings (SSSR count). The van der Waals surface area contributed by atoms with E-state index < -0.39 is 0 Å². The summed E-state index contributed by atoms with van der Waals surface area (Å²) in [6.07, 6.45) is 5.35. The summed E-state index contributed by atoms with van der Waals surface area (Å²) in [5, 5.41) is 4.76. The Hall–Kier alpha value is -1.04. The number of aryl methyl sites for hydroxylation is 1. The fraction of sp³-hybridized carbons (Fsp3) is 0.467. The Morgan fingerprint density at radius 1 is 1.10 bits per heavy atom. The standard InChI is InChI=1S/C15H20ClN3OS/c16-12-6-8-13(9-7-12)21-11-14-18-15(20-19-14)5-3-1-2-4-10-17/h6-9H,1-5,10-11,17H2. The summed E-state index contributed by atoms with van der Waals surface area (Å²) in [5.41, 5.74) is 5.46. The molecule has 0 bridgehead atoms. The summed E-state index contributed by atoms with van der Waals surface area (Å²) in [7, 11) is 0. The highest BCUT2D eigenvalue weighted by atomic mass is 35.5. The molecule has 0 saturated carbocycles. The minimum absolute atomic E-state index is 0.707. The van der Waals surface area contributed by atoms with Gasteiger partial charge in [-0.15, -0.1) is 11.8 Å². The third kappa shape index (κ3) is 6.08. The van der Waals surface area contributed by atoms with E-state index in [0.29, 0.717) is 5.75 Å². The number of benzene rings is 1. The van der Waals surface area contributed by atoms with Gasteiger partial charge in [-0.2, -0.15) is 4.98 Å². The Labute approximate surface area is 134 Å². The summed E-state index contributed by atoms with van der Waals surface area (Å²) in [6, 6.07) is 7.75. The minimum Gasteiger partial charge on any atom is -0.339 e. The summed E-state index contributed by atoms with van der Waals surface area (Å²) < 4.78 is 5.26. The van der Waals surface area contributed by atoms with Crippen molar-refractivity contribution in [2.75, 3.05) is 6.54 Å². The molecule has 21 heavy (non-hydrogen) atoms. The zero-order valence-corrected chi connectivity index (χ0v) is 13.5. The van der Waals surface area contributed by atoms with Crippen molar-refractivity contribution in [3.8, 4) is 0 Å². The van der Waals surface area contributed by atoms with Crippen LogP contribution < -0.4 is 5.73 Å². The second-order valence-electron chi connectivity index (χ2n) is 4.80. The van der Waals surface area contributed by atoms with Crippen molar-refractivity contribution in [3.63, 3.8) is 0 Å². The van der Waals surface area contributed by atoms with E-state index in [1.54, 1.807) is 11.8 Å². The van der Waals surface area contributed by atoms with Gasteiger partial charge in [0.15, 0.2) is 5.82 Å². The molecule has 2 aromatic rings. The van der Waals surface area contributed by atoms with Crippen LogP contribution in [-0.4, -0.2) is 16.7 Å². The molecule has 0 aliphatic rings. The molecule has 0 spiro atoms. The molecular formula is C15H20ClN3OS. The molecule has 0 saturated heterocycles. The van der Waals surface area contributed by atoms with Crippen LogP contribution in [0.5, 0.6) is 0 Å². The summed E-state index contributed by atoms with van der Waals surface area (Å²) >= 11 is 7.53. The van der Waals surface area contributed by atoms with E-state index in [4.69, 9.17) is 21.9 Å². The van der Waals surface area contributed by atoms with Gasteiger partial charge in [0.05, 0.1) is 5.75 Å². The number of hydrogen-bond acceptors (Lipinski definition) is 5. The lowest BCUT2D eigenvalue weighted by atomic mass is 10.1. The number of nitrogens with zero attached hydrogens (tertiary/aromatic N) is 2. The second-order valence-corrected chi connectivity index (χ2v) is 6.29. The average molecular weight is 326 g/mol. The zero-order chi connectivity index (χ0) is 14.9. The molecule has 0 unspecified atom stereocenters. The number of hydrogen-bond donors (Lipinski definition) is 1. The maximum absolute atomic E-state index is 5.86. The number of halogens is 1. The van der Waals surface area contributed by atoms with E-state index in [1.165, 1.54) is 6.42 Å². The monoisotopic (exact) mass is 325 g/mol. The Kier molecular flexibility index (Phi) is 7.06. The lowest BCUT2D eigenvalue weighted by Gasteiger charge is -1.98. The van der Waals surface area contributed by atoms with Crippen LogP contribution in [0.2, 0.25) is 5.02 Å². The van der Waals surface area contributed by atoms with Gasteiger partial charge in [-0.05, 0) is 43.7 Å². The molecule has 6 heteroatoms. The van der Waals surface area contributed by atoms with Crippen molar-refractivity contribution >= 4 is 23.4 Å². The van der Waals surface area contributed by atoms with E-state index in [-0.39, 0.29) is 0 Å². The van der Waals surface area contributed by atoms with Crippen LogP contribution in [-0.2, 0) is 12.2 Å². The molecule has 0 atom stereocenters. The first-order valence-electron chi connectivity index (χ1n) is 7.18. The quantitative estimate of drug-likeness (QED) is 0.556. The van der Waals surface area contributed by atoms with Gasteiger partial charge in [-0.3, -0.25) is 0 Å². The smallest absolute Gasteiger partial charge is 0.226 e. The average Bonchev–Trinajstić information content (AvgIpc) is 2.94. The van der Waals surface area contributed by atoms with Crippen LogP contribution in [0.1, 0.15) is 37.4 Å².